The molecule has 1 aliphatic carbocycles. The van der Waals surface area contributed by atoms with E-state index in [1.807, 2.05) is 0 Å². The van der Waals surface area contributed by atoms with Gasteiger partial charge in [-0.25, -0.2) is 0 Å². The van der Waals surface area contributed by atoms with E-state index in [2.05, 4.69) is 47.8 Å². The zero-order valence-corrected chi connectivity index (χ0v) is 11.1. The van der Waals surface area contributed by atoms with E-state index in [9.17, 15) is 0 Å². The van der Waals surface area contributed by atoms with Crippen LogP contribution in [0, 0.1) is 0 Å². The minimum Gasteiger partial charge on any atom is -0.311 e. The monoisotopic (exact) mass is 258 g/mol. The van der Waals surface area contributed by atoms with Crippen LogP contribution in [0.1, 0.15) is 17.5 Å². The number of fused-ring (bicyclic) bond motifs is 6. The predicted molar refractivity (Wildman–Crippen MR) is 80.6 cm³/mol. The number of rotatable bonds is 0. The zero-order valence-electron chi connectivity index (χ0n) is 11.1. The van der Waals surface area contributed by atoms with Crippen molar-refractivity contribution in [2.24, 2.45) is 4.99 Å². The number of benzene rings is 2. The van der Waals surface area contributed by atoms with Crippen molar-refractivity contribution in [2.45, 2.75) is 6.42 Å². The summed E-state index contributed by atoms with van der Waals surface area (Å²) in [5.74, 6) is 0. The Hall–Kier alpha value is -2.19. The van der Waals surface area contributed by atoms with E-state index >= 15 is 0 Å². The lowest BCUT2D eigenvalue weighted by atomic mass is 9.97. The second-order valence-corrected chi connectivity index (χ2v) is 5.62. The van der Waals surface area contributed by atoms with E-state index in [-0.39, 0.29) is 0 Å². The van der Waals surface area contributed by atoms with E-state index in [1.54, 1.807) is 0 Å². The summed E-state index contributed by atoms with van der Waals surface area (Å²) in [6.07, 6.45) is 3.39. The first-order valence-corrected chi connectivity index (χ1v) is 7.18. The lowest BCUT2D eigenvalue weighted by Gasteiger charge is -2.14. The summed E-state index contributed by atoms with van der Waals surface area (Å²) in [6, 6.07) is 13.1. The van der Waals surface area contributed by atoms with Gasteiger partial charge in [0.15, 0.2) is 0 Å². The fraction of sp³-hybridized carbons (Fsp3) is 0.167. The van der Waals surface area contributed by atoms with E-state index in [4.69, 9.17) is 4.99 Å². The van der Waals surface area contributed by atoms with Crippen LogP contribution in [-0.2, 0) is 0 Å². The molecular formula is C18H14N2. The fourth-order valence-corrected chi connectivity index (χ4v) is 3.58. The lowest BCUT2D eigenvalue weighted by Crippen LogP contribution is -2.27. The Labute approximate surface area is 117 Å². The van der Waals surface area contributed by atoms with E-state index in [0.29, 0.717) is 0 Å². The Kier molecular flexibility index (Phi) is 1.94. The third kappa shape index (κ3) is 1.24. The van der Waals surface area contributed by atoms with E-state index in [1.165, 1.54) is 44.1 Å². The molecule has 0 spiro atoms. The number of hydrogen-bond donors (Lipinski definition) is 1. The summed E-state index contributed by atoms with van der Waals surface area (Å²) in [4.78, 5) is 4.91. The molecule has 20 heavy (non-hydrogen) atoms. The van der Waals surface area contributed by atoms with Gasteiger partial charge in [-0.2, -0.15) is 0 Å². The highest BCUT2D eigenvalue weighted by Gasteiger charge is 2.23. The SMILES string of the molecule is C1=c2c(ccc3c2=NC2=C3CCNC2)-c2ccccc21. The second-order valence-electron chi connectivity index (χ2n) is 5.62. The van der Waals surface area contributed by atoms with Crippen molar-refractivity contribution in [3.05, 3.63) is 63.8 Å². The second kappa shape index (κ2) is 3.68. The molecule has 2 aromatic carbocycles. The van der Waals surface area contributed by atoms with Gasteiger partial charge in [-0.3, -0.25) is 4.99 Å². The van der Waals surface area contributed by atoms with Crippen LogP contribution in [0.15, 0.2) is 47.1 Å². The first kappa shape index (κ1) is 10.6. The van der Waals surface area contributed by atoms with Gasteiger partial charge in [0.2, 0.25) is 0 Å². The zero-order chi connectivity index (χ0) is 13.1. The Balaban J connectivity index is 1.84. The highest BCUT2D eigenvalue weighted by atomic mass is 14.9. The van der Waals surface area contributed by atoms with Gasteiger partial charge < -0.3 is 5.32 Å². The van der Waals surface area contributed by atoms with Crippen LogP contribution >= 0.6 is 0 Å². The summed E-state index contributed by atoms with van der Waals surface area (Å²) in [5, 5.41) is 5.91. The average Bonchev–Trinajstić information content (AvgIpc) is 3.05. The molecule has 96 valence electrons. The molecule has 0 atom stereocenters. The molecule has 2 aliphatic heterocycles. The van der Waals surface area contributed by atoms with Crippen molar-refractivity contribution in [2.75, 3.05) is 13.1 Å². The summed E-state index contributed by atoms with van der Waals surface area (Å²) in [5.41, 5.74) is 8.02. The summed E-state index contributed by atoms with van der Waals surface area (Å²) in [6.45, 7) is 1.97. The van der Waals surface area contributed by atoms with Crippen molar-refractivity contribution in [3.8, 4) is 11.1 Å². The molecule has 2 heterocycles. The van der Waals surface area contributed by atoms with Crippen LogP contribution in [-0.4, -0.2) is 13.1 Å². The van der Waals surface area contributed by atoms with Crippen LogP contribution in [0.4, 0.5) is 0 Å². The summed E-state index contributed by atoms with van der Waals surface area (Å²) >= 11 is 0. The van der Waals surface area contributed by atoms with Gasteiger partial charge in [-0.05, 0) is 41.3 Å². The van der Waals surface area contributed by atoms with Gasteiger partial charge in [-0.15, -0.1) is 0 Å². The third-order valence-electron chi connectivity index (χ3n) is 4.53. The summed E-state index contributed by atoms with van der Waals surface area (Å²) < 4.78 is 0. The van der Waals surface area contributed by atoms with Gasteiger partial charge in [0.1, 0.15) is 0 Å². The molecule has 1 N–H and O–H groups in total. The van der Waals surface area contributed by atoms with Crippen LogP contribution in [0.3, 0.4) is 0 Å². The Bertz CT molecular complexity index is 904. The van der Waals surface area contributed by atoms with Crippen LogP contribution in [0.5, 0.6) is 0 Å². The highest BCUT2D eigenvalue weighted by Crippen LogP contribution is 2.30. The van der Waals surface area contributed by atoms with Crippen molar-refractivity contribution in [1.29, 1.82) is 0 Å². The standard InChI is InChI=1S/C18H14N2/c1-2-4-12-11(3-1)9-16-13(12)5-6-15-14-7-8-19-10-17(14)20-18(15)16/h1-6,9,19H,7-8,10H2. The molecule has 0 aromatic heterocycles. The molecule has 3 aliphatic rings. The average molecular weight is 258 g/mol. The smallest absolute Gasteiger partial charge is 0.0788 e. The van der Waals surface area contributed by atoms with Crippen LogP contribution < -0.4 is 15.9 Å². The fourth-order valence-electron chi connectivity index (χ4n) is 3.58. The highest BCUT2D eigenvalue weighted by molar-refractivity contribution is 5.85. The predicted octanol–water partition coefficient (Wildman–Crippen LogP) is 1.83. The van der Waals surface area contributed by atoms with Gasteiger partial charge in [0.05, 0.1) is 11.1 Å². The number of nitrogens with zero attached hydrogens (tertiary/aromatic N) is 1. The lowest BCUT2D eigenvalue weighted by molar-refractivity contribution is 0.712. The molecule has 5 rings (SSSR count). The van der Waals surface area contributed by atoms with Crippen LogP contribution in [0.25, 0.3) is 22.8 Å². The maximum absolute atomic E-state index is 4.91. The number of hydrogen-bond acceptors (Lipinski definition) is 2. The Morgan fingerprint density at radius 1 is 0.950 bits per heavy atom. The Morgan fingerprint density at radius 3 is 2.85 bits per heavy atom. The largest absolute Gasteiger partial charge is 0.311 e. The molecule has 2 nitrogen and oxygen atoms in total. The molecule has 0 saturated heterocycles. The first-order valence-electron chi connectivity index (χ1n) is 7.18. The molecule has 0 amide bonds. The van der Waals surface area contributed by atoms with Crippen LogP contribution in [0.2, 0.25) is 0 Å². The maximum Gasteiger partial charge on any atom is 0.0788 e. The quantitative estimate of drug-likeness (QED) is 0.653. The van der Waals surface area contributed by atoms with Gasteiger partial charge in [0.25, 0.3) is 0 Å². The van der Waals surface area contributed by atoms with Crippen molar-refractivity contribution < 1.29 is 0 Å². The van der Waals surface area contributed by atoms with E-state index in [0.717, 1.165) is 19.5 Å². The molecule has 0 bridgehead atoms. The molecule has 0 saturated carbocycles. The van der Waals surface area contributed by atoms with Crippen molar-refractivity contribution in [1.82, 2.24) is 5.32 Å². The Morgan fingerprint density at radius 2 is 1.85 bits per heavy atom. The topological polar surface area (TPSA) is 24.4 Å². The molecule has 0 radical (unpaired) electrons. The van der Waals surface area contributed by atoms with Gasteiger partial charge in [0, 0.05) is 17.3 Å². The first-order chi connectivity index (χ1) is 9.92. The minimum atomic E-state index is 0.908. The third-order valence-corrected chi connectivity index (χ3v) is 4.53. The van der Waals surface area contributed by atoms with Gasteiger partial charge >= 0.3 is 0 Å². The molecule has 2 aromatic rings. The molecule has 0 unspecified atom stereocenters. The molecular weight excluding hydrogens is 244 g/mol. The van der Waals surface area contributed by atoms with Crippen molar-refractivity contribution in [3.63, 3.8) is 0 Å². The minimum absolute atomic E-state index is 0.908. The van der Waals surface area contributed by atoms with Gasteiger partial charge in [-0.1, -0.05) is 36.4 Å². The maximum atomic E-state index is 4.91. The molecule has 0 fully saturated rings. The summed E-state index contributed by atoms with van der Waals surface area (Å²) in [7, 11) is 0. The normalized spacial score (nSPS) is 17.8. The number of nitrogens with one attached hydrogen (secondary N) is 1. The van der Waals surface area contributed by atoms with E-state index < -0.39 is 0 Å². The van der Waals surface area contributed by atoms with Crippen molar-refractivity contribution >= 4 is 11.6 Å². The molecule has 2 heteroatoms.